The van der Waals surface area contributed by atoms with E-state index < -0.39 is 17.8 Å². The molecule has 1 saturated heterocycles. The zero-order valence-electron chi connectivity index (χ0n) is 13.4. The van der Waals surface area contributed by atoms with Gasteiger partial charge in [-0.3, -0.25) is 9.89 Å². The van der Waals surface area contributed by atoms with E-state index in [4.69, 9.17) is 0 Å². The maximum absolute atomic E-state index is 12.6. The second-order valence-corrected chi connectivity index (χ2v) is 5.99. The fraction of sp³-hybridized carbons (Fsp3) is 0.333. The Morgan fingerprint density at radius 3 is 2.96 bits per heavy atom. The van der Waals surface area contributed by atoms with Crippen LogP contribution in [0.3, 0.4) is 0 Å². The van der Waals surface area contributed by atoms with Crippen LogP contribution in [-0.2, 0) is 6.18 Å². The van der Waals surface area contributed by atoms with Crippen LogP contribution in [0.5, 0.6) is 0 Å². The Kier molecular flexibility index (Phi) is 3.78. The maximum Gasteiger partial charge on any atom is 0.432 e. The average Bonchev–Trinajstić information content (AvgIpc) is 3.33. The van der Waals surface area contributed by atoms with E-state index >= 15 is 0 Å². The molecular formula is C15H14F3N7O. The lowest BCUT2D eigenvalue weighted by Crippen LogP contribution is -2.32. The highest BCUT2D eigenvalue weighted by molar-refractivity contribution is 5.92. The minimum absolute atomic E-state index is 0.0477. The highest BCUT2D eigenvalue weighted by Crippen LogP contribution is 2.28. The predicted molar refractivity (Wildman–Crippen MR) is 84.5 cm³/mol. The highest BCUT2D eigenvalue weighted by atomic mass is 19.4. The second-order valence-electron chi connectivity index (χ2n) is 5.99. The molecule has 1 aliphatic heterocycles. The van der Waals surface area contributed by atoms with Crippen LogP contribution in [0.1, 0.15) is 22.6 Å². The number of rotatable bonds is 3. The number of carbonyl (C=O) groups is 1. The normalized spacial score (nSPS) is 17.8. The third-order valence-corrected chi connectivity index (χ3v) is 4.18. The molecule has 26 heavy (non-hydrogen) atoms. The van der Waals surface area contributed by atoms with E-state index in [2.05, 4.69) is 20.5 Å². The van der Waals surface area contributed by atoms with Gasteiger partial charge in [-0.1, -0.05) is 0 Å². The third-order valence-electron chi connectivity index (χ3n) is 4.18. The van der Waals surface area contributed by atoms with E-state index in [1.54, 1.807) is 23.0 Å². The molecule has 1 amide bonds. The summed E-state index contributed by atoms with van der Waals surface area (Å²) in [7, 11) is 0. The number of likely N-dealkylation sites (tertiary alicyclic amines) is 1. The lowest BCUT2D eigenvalue weighted by atomic mass is 10.2. The molecule has 1 atom stereocenters. The lowest BCUT2D eigenvalue weighted by Gasteiger charge is -2.16. The van der Waals surface area contributed by atoms with Gasteiger partial charge in [0.15, 0.2) is 11.3 Å². The molecular weight excluding hydrogens is 351 g/mol. The first kappa shape index (κ1) is 16.4. The summed E-state index contributed by atoms with van der Waals surface area (Å²) in [6.07, 6.45) is -0.536. The number of fused-ring (bicyclic) bond motifs is 1. The van der Waals surface area contributed by atoms with Crippen molar-refractivity contribution in [3.8, 4) is 0 Å². The SMILES string of the molecule is O=C(c1cc(C(F)(F)F)[nH]n1)N1CC[C@@H](Nc2ccc3nccn3n2)C1. The molecule has 4 rings (SSSR count). The number of hydrogen-bond donors (Lipinski definition) is 2. The molecule has 3 aromatic rings. The Morgan fingerprint density at radius 1 is 1.35 bits per heavy atom. The van der Waals surface area contributed by atoms with Gasteiger partial charge in [-0.2, -0.15) is 18.3 Å². The summed E-state index contributed by atoms with van der Waals surface area (Å²) >= 11 is 0. The summed E-state index contributed by atoms with van der Waals surface area (Å²) in [4.78, 5) is 17.9. The monoisotopic (exact) mass is 365 g/mol. The van der Waals surface area contributed by atoms with Crippen LogP contribution in [0.15, 0.2) is 30.6 Å². The average molecular weight is 365 g/mol. The smallest absolute Gasteiger partial charge is 0.364 e. The standard InChI is InChI=1S/C15H14F3N7O/c16-15(17,18)11-7-10(21-22-11)14(26)24-5-3-9(8-24)20-12-1-2-13-19-4-6-25(13)23-12/h1-2,4,6-7,9H,3,5,8H2,(H,20,23)(H,21,22)/t9-/m1/s1. The number of H-pyrrole nitrogens is 1. The van der Waals surface area contributed by atoms with Gasteiger partial charge in [0.25, 0.3) is 5.91 Å². The van der Waals surface area contributed by atoms with E-state index in [1.165, 1.54) is 4.90 Å². The molecule has 1 fully saturated rings. The quantitative estimate of drug-likeness (QED) is 0.739. The summed E-state index contributed by atoms with van der Waals surface area (Å²) in [6, 6.07) is 4.29. The van der Waals surface area contributed by atoms with Crippen molar-refractivity contribution in [2.75, 3.05) is 18.4 Å². The summed E-state index contributed by atoms with van der Waals surface area (Å²) in [6.45, 7) is 0.786. The van der Waals surface area contributed by atoms with Crippen LogP contribution >= 0.6 is 0 Å². The number of nitrogens with one attached hydrogen (secondary N) is 2. The maximum atomic E-state index is 12.6. The van der Waals surface area contributed by atoms with Gasteiger partial charge in [-0.15, -0.1) is 5.10 Å². The van der Waals surface area contributed by atoms with E-state index in [1.807, 2.05) is 11.2 Å². The predicted octanol–water partition coefficient (Wildman–Crippen LogP) is 1.80. The van der Waals surface area contributed by atoms with Crippen molar-refractivity contribution < 1.29 is 18.0 Å². The Hall–Kier alpha value is -3.11. The molecule has 0 radical (unpaired) electrons. The topological polar surface area (TPSA) is 91.2 Å². The first-order valence-corrected chi connectivity index (χ1v) is 7.89. The molecule has 8 nitrogen and oxygen atoms in total. The van der Waals surface area contributed by atoms with Crippen molar-refractivity contribution in [2.45, 2.75) is 18.6 Å². The minimum atomic E-state index is -4.56. The minimum Gasteiger partial charge on any atom is -0.364 e. The Labute approximate surface area is 145 Å². The molecule has 0 aliphatic carbocycles. The van der Waals surface area contributed by atoms with Crippen LogP contribution in [0.4, 0.5) is 19.0 Å². The molecule has 2 N–H and O–H groups in total. The largest absolute Gasteiger partial charge is 0.432 e. The van der Waals surface area contributed by atoms with E-state index in [0.717, 1.165) is 11.7 Å². The van der Waals surface area contributed by atoms with Crippen molar-refractivity contribution in [3.63, 3.8) is 0 Å². The molecule has 11 heteroatoms. The zero-order chi connectivity index (χ0) is 18.3. The Bertz CT molecular complexity index is 948. The number of aromatic nitrogens is 5. The molecule has 0 bridgehead atoms. The van der Waals surface area contributed by atoms with Crippen LogP contribution in [0, 0.1) is 0 Å². The van der Waals surface area contributed by atoms with Gasteiger partial charge in [0.05, 0.1) is 0 Å². The molecule has 136 valence electrons. The van der Waals surface area contributed by atoms with Crippen molar-refractivity contribution in [3.05, 3.63) is 42.0 Å². The number of imidazole rings is 1. The summed E-state index contributed by atoms with van der Waals surface area (Å²) < 4.78 is 39.5. The second kappa shape index (κ2) is 6.00. The Morgan fingerprint density at radius 2 is 2.19 bits per heavy atom. The van der Waals surface area contributed by atoms with Crippen LogP contribution in [0.2, 0.25) is 0 Å². The van der Waals surface area contributed by atoms with Gasteiger partial charge in [0.2, 0.25) is 0 Å². The number of anilines is 1. The molecule has 1 aliphatic rings. The number of halogens is 3. The number of aromatic amines is 1. The highest BCUT2D eigenvalue weighted by Gasteiger charge is 2.35. The molecule has 4 heterocycles. The number of hydrogen-bond acceptors (Lipinski definition) is 5. The van der Waals surface area contributed by atoms with Crippen LogP contribution < -0.4 is 5.32 Å². The van der Waals surface area contributed by atoms with Gasteiger partial charge in [-0.05, 0) is 18.6 Å². The van der Waals surface area contributed by atoms with Crippen LogP contribution in [-0.4, -0.2) is 54.7 Å². The third kappa shape index (κ3) is 3.07. The number of nitrogens with zero attached hydrogens (tertiary/aromatic N) is 5. The molecule has 0 saturated carbocycles. The van der Waals surface area contributed by atoms with E-state index in [0.29, 0.717) is 25.3 Å². The molecule has 0 unspecified atom stereocenters. The zero-order valence-corrected chi connectivity index (χ0v) is 13.4. The number of amides is 1. The number of alkyl halides is 3. The van der Waals surface area contributed by atoms with Gasteiger partial charge in [0, 0.05) is 37.6 Å². The molecule has 3 aromatic heterocycles. The molecule has 0 spiro atoms. The first-order chi connectivity index (χ1) is 12.4. The summed E-state index contributed by atoms with van der Waals surface area (Å²) in [5.74, 6) is 0.105. The molecule has 0 aromatic carbocycles. The van der Waals surface area contributed by atoms with Gasteiger partial charge in [-0.25, -0.2) is 9.50 Å². The fourth-order valence-electron chi connectivity index (χ4n) is 2.90. The van der Waals surface area contributed by atoms with Gasteiger partial charge < -0.3 is 10.2 Å². The van der Waals surface area contributed by atoms with Gasteiger partial charge >= 0.3 is 6.18 Å². The Balaban J connectivity index is 1.41. The van der Waals surface area contributed by atoms with Crippen molar-refractivity contribution in [1.82, 2.24) is 29.7 Å². The first-order valence-electron chi connectivity index (χ1n) is 7.89. The summed E-state index contributed by atoms with van der Waals surface area (Å²) in [5.41, 5.74) is -0.554. The van der Waals surface area contributed by atoms with Crippen LogP contribution in [0.25, 0.3) is 5.65 Å². The summed E-state index contributed by atoms with van der Waals surface area (Å²) in [5, 5.41) is 12.9. The van der Waals surface area contributed by atoms with Crippen molar-refractivity contribution in [2.24, 2.45) is 0 Å². The van der Waals surface area contributed by atoms with E-state index in [-0.39, 0.29) is 11.7 Å². The van der Waals surface area contributed by atoms with E-state index in [9.17, 15) is 18.0 Å². The van der Waals surface area contributed by atoms with Crippen molar-refractivity contribution in [1.29, 1.82) is 0 Å². The lowest BCUT2D eigenvalue weighted by molar-refractivity contribution is -0.141. The number of carbonyl (C=O) groups excluding carboxylic acids is 1. The van der Waals surface area contributed by atoms with Gasteiger partial charge in [0.1, 0.15) is 11.5 Å². The fourth-order valence-corrected chi connectivity index (χ4v) is 2.90. The van der Waals surface area contributed by atoms with Crippen molar-refractivity contribution >= 4 is 17.4 Å².